The summed E-state index contributed by atoms with van der Waals surface area (Å²) < 4.78 is 35.2. The first-order valence-electron chi connectivity index (χ1n) is 4.15. The van der Waals surface area contributed by atoms with Crippen molar-refractivity contribution in [2.45, 2.75) is 4.90 Å². The van der Waals surface area contributed by atoms with Crippen LogP contribution in [0.2, 0.25) is 0 Å². The summed E-state index contributed by atoms with van der Waals surface area (Å²) >= 11 is 3.13. The molecular weight excluding hydrogens is 301 g/mol. The molecule has 0 aliphatic rings. The average molecular weight is 306 g/mol. The summed E-state index contributed by atoms with van der Waals surface area (Å²) in [7, 11) is -4.85. The Hall–Kier alpha value is -1.21. The van der Waals surface area contributed by atoms with E-state index in [1.54, 1.807) is 6.07 Å². The summed E-state index contributed by atoms with van der Waals surface area (Å²) in [6.45, 7) is 0. The highest BCUT2D eigenvalue weighted by Crippen LogP contribution is 2.24. The topological polar surface area (TPSA) is 67.0 Å². The van der Waals surface area contributed by atoms with Gasteiger partial charge in [-0.25, -0.2) is 0 Å². The van der Waals surface area contributed by atoms with Gasteiger partial charge in [0.05, 0.1) is 0 Å². The predicted molar refractivity (Wildman–Crippen MR) is 60.6 cm³/mol. The van der Waals surface area contributed by atoms with E-state index in [-0.39, 0.29) is 10.8 Å². The Kier molecular flexibility index (Phi) is 2.59. The molecular formula is C9H5BrFNO3S. The van der Waals surface area contributed by atoms with E-state index in [1.807, 2.05) is 0 Å². The number of H-pyrrole nitrogens is 1. The van der Waals surface area contributed by atoms with Crippen molar-refractivity contribution < 1.29 is 12.3 Å². The Morgan fingerprint density at radius 1 is 1.25 bits per heavy atom. The fourth-order valence-electron chi connectivity index (χ4n) is 1.41. The first-order chi connectivity index (χ1) is 7.39. The molecule has 0 saturated heterocycles. The normalized spacial score (nSPS) is 11.9. The molecule has 1 aromatic heterocycles. The number of aromatic nitrogens is 1. The van der Waals surface area contributed by atoms with Crippen LogP contribution in [0.1, 0.15) is 0 Å². The van der Waals surface area contributed by atoms with Crippen molar-refractivity contribution in [3.05, 3.63) is 39.2 Å². The van der Waals surface area contributed by atoms with Gasteiger partial charge in [-0.15, -0.1) is 3.89 Å². The van der Waals surface area contributed by atoms with Gasteiger partial charge in [-0.3, -0.25) is 4.79 Å². The van der Waals surface area contributed by atoms with E-state index in [9.17, 15) is 17.1 Å². The molecule has 2 rings (SSSR count). The van der Waals surface area contributed by atoms with Gasteiger partial charge < -0.3 is 4.98 Å². The van der Waals surface area contributed by atoms with E-state index in [1.165, 1.54) is 12.1 Å². The second-order valence-electron chi connectivity index (χ2n) is 3.11. The maximum Gasteiger partial charge on any atom is 0.334 e. The number of hydrogen-bond acceptors (Lipinski definition) is 3. The second-order valence-corrected chi connectivity index (χ2v) is 5.34. The Balaban J connectivity index is 3.04. The third-order valence-corrected chi connectivity index (χ3v) is 3.45. The minimum atomic E-state index is -4.85. The lowest BCUT2D eigenvalue weighted by Crippen LogP contribution is -2.08. The van der Waals surface area contributed by atoms with Gasteiger partial charge in [-0.1, -0.05) is 15.9 Å². The average Bonchev–Trinajstić information content (AvgIpc) is 2.15. The molecule has 0 fully saturated rings. The zero-order valence-corrected chi connectivity index (χ0v) is 10.1. The van der Waals surface area contributed by atoms with Gasteiger partial charge in [0.1, 0.15) is 4.90 Å². The van der Waals surface area contributed by atoms with Crippen LogP contribution in [-0.2, 0) is 10.2 Å². The number of rotatable bonds is 1. The van der Waals surface area contributed by atoms with Crippen LogP contribution >= 0.6 is 15.9 Å². The highest BCUT2D eigenvalue weighted by Gasteiger charge is 2.17. The lowest BCUT2D eigenvalue weighted by Gasteiger charge is -2.02. The molecule has 0 saturated carbocycles. The monoisotopic (exact) mass is 305 g/mol. The van der Waals surface area contributed by atoms with Gasteiger partial charge >= 0.3 is 10.2 Å². The predicted octanol–water partition coefficient (Wildman–Crippen LogP) is 1.95. The van der Waals surface area contributed by atoms with Crippen LogP contribution in [0.15, 0.2) is 38.6 Å². The highest BCUT2D eigenvalue weighted by molar-refractivity contribution is 9.10. The first-order valence-corrected chi connectivity index (χ1v) is 6.33. The van der Waals surface area contributed by atoms with Crippen molar-refractivity contribution in [3.8, 4) is 0 Å². The van der Waals surface area contributed by atoms with Gasteiger partial charge in [0.25, 0.3) is 5.56 Å². The summed E-state index contributed by atoms with van der Waals surface area (Å²) in [5.41, 5.74) is -0.463. The van der Waals surface area contributed by atoms with Crippen molar-refractivity contribution in [3.63, 3.8) is 0 Å². The largest absolute Gasteiger partial charge is 0.334 e. The van der Waals surface area contributed by atoms with Crippen molar-refractivity contribution in [2.75, 3.05) is 0 Å². The van der Waals surface area contributed by atoms with Gasteiger partial charge in [0, 0.05) is 21.4 Å². The fourth-order valence-corrected chi connectivity index (χ4v) is 2.40. The molecule has 0 unspecified atom stereocenters. The molecule has 1 heterocycles. The van der Waals surface area contributed by atoms with Crippen LogP contribution in [0.3, 0.4) is 0 Å². The number of nitrogens with one attached hydrogen (secondary N) is 1. The molecule has 16 heavy (non-hydrogen) atoms. The lowest BCUT2D eigenvalue weighted by atomic mass is 10.2. The highest BCUT2D eigenvalue weighted by atomic mass is 79.9. The standard InChI is InChI=1S/C9H5BrFNO3S/c10-5-1-2-6-7(3-5)8(16(11,14)15)4-12-9(6)13/h1-4H,(H,12,13). The first kappa shape index (κ1) is 11.3. The maximum atomic E-state index is 12.9. The zero-order valence-electron chi connectivity index (χ0n) is 7.70. The minimum Gasteiger partial charge on any atom is -0.327 e. The van der Waals surface area contributed by atoms with Crippen LogP contribution in [0.25, 0.3) is 10.8 Å². The summed E-state index contributed by atoms with van der Waals surface area (Å²) in [5, 5.41) is 0.183. The molecule has 7 heteroatoms. The SMILES string of the molecule is O=c1[nH]cc(S(=O)(=O)F)c2cc(Br)ccc12. The van der Waals surface area contributed by atoms with Crippen LogP contribution < -0.4 is 5.56 Å². The van der Waals surface area contributed by atoms with Crippen LogP contribution in [-0.4, -0.2) is 13.4 Å². The third kappa shape index (κ3) is 1.88. The number of hydrogen-bond donors (Lipinski definition) is 1. The third-order valence-electron chi connectivity index (χ3n) is 2.09. The molecule has 1 aromatic carbocycles. The molecule has 0 atom stereocenters. The van der Waals surface area contributed by atoms with Gasteiger partial charge in [-0.05, 0) is 18.2 Å². The van der Waals surface area contributed by atoms with E-state index in [0.717, 1.165) is 6.20 Å². The zero-order chi connectivity index (χ0) is 11.9. The molecule has 84 valence electrons. The number of halogens is 2. The molecule has 0 radical (unpaired) electrons. The summed E-state index contributed by atoms with van der Waals surface area (Å²) in [5.74, 6) is 0. The molecule has 2 aromatic rings. The van der Waals surface area contributed by atoms with E-state index in [2.05, 4.69) is 20.9 Å². The van der Waals surface area contributed by atoms with Gasteiger partial charge in [0.2, 0.25) is 0 Å². The molecule has 1 N–H and O–H groups in total. The Labute approximate surface area is 98.4 Å². The molecule has 0 spiro atoms. The lowest BCUT2D eigenvalue weighted by molar-refractivity contribution is 0.552. The quantitative estimate of drug-likeness (QED) is 0.819. The smallest absolute Gasteiger partial charge is 0.327 e. The van der Waals surface area contributed by atoms with E-state index < -0.39 is 20.7 Å². The molecule has 4 nitrogen and oxygen atoms in total. The molecule has 0 bridgehead atoms. The van der Waals surface area contributed by atoms with Crippen molar-refractivity contribution >= 4 is 36.9 Å². The summed E-state index contributed by atoms with van der Waals surface area (Å²) in [6, 6.07) is 4.39. The number of aromatic amines is 1. The second kappa shape index (κ2) is 3.67. The van der Waals surface area contributed by atoms with Crippen LogP contribution in [0.4, 0.5) is 3.89 Å². The van der Waals surface area contributed by atoms with E-state index in [0.29, 0.717) is 4.47 Å². The molecule has 0 aliphatic carbocycles. The molecule has 0 aliphatic heterocycles. The fraction of sp³-hybridized carbons (Fsp3) is 0. The van der Waals surface area contributed by atoms with Crippen molar-refractivity contribution in [2.24, 2.45) is 0 Å². The Morgan fingerprint density at radius 2 is 1.94 bits per heavy atom. The van der Waals surface area contributed by atoms with E-state index in [4.69, 9.17) is 0 Å². The summed E-state index contributed by atoms with van der Waals surface area (Å²) in [4.78, 5) is 13.0. The molecule has 0 amide bonds. The Morgan fingerprint density at radius 3 is 2.56 bits per heavy atom. The van der Waals surface area contributed by atoms with Crippen molar-refractivity contribution in [1.29, 1.82) is 0 Å². The van der Waals surface area contributed by atoms with Gasteiger partial charge in [0.15, 0.2) is 0 Å². The van der Waals surface area contributed by atoms with Crippen LogP contribution in [0, 0.1) is 0 Å². The van der Waals surface area contributed by atoms with E-state index >= 15 is 0 Å². The number of benzene rings is 1. The number of fused-ring (bicyclic) bond motifs is 1. The van der Waals surface area contributed by atoms with Gasteiger partial charge in [-0.2, -0.15) is 8.42 Å². The Bertz CT molecular complexity index is 723. The minimum absolute atomic E-state index is 0.0561. The maximum absolute atomic E-state index is 12.9. The van der Waals surface area contributed by atoms with Crippen molar-refractivity contribution in [1.82, 2.24) is 4.98 Å². The van der Waals surface area contributed by atoms with Crippen LogP contribution in [0.5, 0.6) is 0 Å². The number of pyridine rings is 1. The summed E-state index contributed by atoms with van der Waals surface area (Å²) in [6.07, 6.45) is 0.854.